The molecule has 0 spiro atoms. The quantitative estimate of drug-likeness (QED) is 0.554. The normalized spacial score (nSPS) is 15.2. The molecule has 1 aliphatic rings. The molecule has 2 aromatic rings. The van der Waals surface area contributed by atoms with Crippen molar-refractivity contribution < 1.29 is 31.9 Å². The molecule has 0 atom stereocenters. The number of esters is 1. The number of piperidine rings is 1. The molecule has 0 radical (unpaired) electrons. The van der Waals surface area contributed by atoms with Gasteiger partial charge in [-0.25, -0.2) is 4.39 Å². The summed E-state index contributed by atoms with van der Waals surface area (Å²) in [7, 11) is 0. The largest absolute Gasteiger partial charge is 0.460 e. The lowest BCUT2D eigenvalue weighted by Crippen LogP contribution is -2.40. The van der Waals surface area contributed by atoms with Gasteiger partial charge in [0.15, 0.2) is 0 Å². The van der Waals surface area contributed by atoms with Crippen LogP contribution in [0.1, 0.15) is 34.3 Å². The Balaban J connectivity index is 1.51. The molecule has 8 heteroatoms. The van der Waals surface area contributed by atoms with Gasteiger partial charge in [-0.2, -0.15) is 13.2 Å². The van der Waals surface area contributed by atoms with Gasteiger partial charge in [-0.3, -0.25) is 9.59 Å². The monoisotopic (exact) mass is 409 g/mol. The maximum absolute atomic E-state index is 13.6. The summed E-state index contributed by atoms with van der Waals surface area (Å²) in [6.07, 6.45) is -3.70. The van der Waals surface area contributed by atoms with Gasteiger partial charge < -0.3 is 9.64 Å². The number of carbonyl (C=O) groups is 2. The zero-order valence-electron chi connectivity index (χ0n) is 15.4. The number of alkyl halides is 3. The summed E-state index contributed by atoms with van der Waals surface area (Å²) < 4.78 is 56.6. The summed E-state index contributed by atoms with van der Waals surface area (Å²) in [5.74, 6) is -1.68. The first-order valence-electron chi connectivity index (χ1n) is 9.12. The highest BCUT2D eigenvalue weighted by atomic mass is 19.4. The average molecular weight is 409 g/mol. The molecule has 154 valence electrons. The predicted octanol–water partition coefficient (Wildman–Crippen LogP) is 4.44. The molecule has 29 heavy (non-hydrogen) atoms. The number of rotatable bonds is 4. The van der Waals surface area contributed by atoms with Crippen LogP contribution in [0, 0.1) is 11.7 Å². The Morgan fingerprint density at radius 1 is 1.00 bits per heavy atom. The van der Waals surface area contributed by atoms with Gasteiger partial charge in [0.25, 0.3) is 5.91 Å². The zero-order valence-corrected chi connectivity index (χ0v) is 15.4. The number of carbonyl (C=O) groups excluding carboxylic acids is 2. The van der Waals surface area contributed by atoms with Gasteiger partial charge in [-0.05, 0) is 43.2 Å². The molecule has 0 saturated carbocycles. The highest BCUT2D eigenvalue weighted by molar-refractivity contribution is 5.94. The first-order valence-corrected chi connectivity index (χ1v) is 9.12. The van der Waals surface area contributed by atoms with Crippen molar-refractivity contribution in [1.29, 1.82) is 0 Å². The smallest absolute Gasteiger partial charge is 0.416 e. The van der Waals surface area contributed by atoms with Crippen molar-refractivity contribution in [3.63, 3.8) is 0 Å². The van der Waals surface area contributed by atoms with Crippen LogP contribution < -0.4 is 0 Å². The first kappa shape index (κ1) is 20.8. The predicted molar refractivity (Wildman–Crippen MR) is 96.3 cm³/mol. The lowest BCUT2D eigenvalue weighted by molar-refractivity contribution is -0.151. The third-order valence-corrected chi connectivity index (χ3v) is 4.90. The number of amides is 1. The van der Waals surface area contributed by atoms with Gasteiger partial charge in [0.05, 0.1) is 11.5 Å². The summed E-state index contributed by atoms with van der Waals surface area (Å²) in [5, 5.41) is 0. The van der Waals surface area contributed by atoms with E-state index in [4.69, 9.17) is 4.74 Å². The molecule has 1 amide bonds. The fourth-order valence-corrected chi connectivity index (χ4v) is 3.18. The minimum Gasteiger partial charge on any atom is -0.460 e. The van der Waals surface area contributed by atoms with Crippen LogP contribution >= 0.6 is 0 Å². The zero-order chi connectivity index (χ0) is 21.0. The van der Waals surface area contributed by atoms with E-state index in [0.29, 0.717) is 25.9 Å². The summed E-state index contributed by atoms with van der Waals surface area (Å²) in [4.78, 5) is 26.2. The summed E-state index contributed by atoms with van der Waals surface area (Å²) >= 11 is 0. The molecule has 1 saturated heterocycles. The molecule has 0 N–H and O–H groups in total. The van der Waals surface area contributed by atoms with Crippen molar-refractivity contribution in [3.05, 3.63) is 71.0 Å². The lowest BCUT2D eigenvalue weighted by Gasteiger charge is -2.31. The third-order valence-electron chi connectivity index (χ3n) is 4.90. The molecular weight excluding hydrogens is 390 g/mol. The van der Waals surface area contributed by atoms with E-state index in [1.54, 1.807) is 12.1 Å². The molecule has 2 aromatic carbocycles. The molecule has 1 fully saturated rings. The van der Waals surface area contributed by atoms with Gasteiger partial charge in [0, 0.05) is 24.2 Å². The number of hydrogen-bond acceptors (Lipinski definition) is 3. The topological polar surface area (TPSA) is 46.6 Å². The van der Waals surface area contributed by atoms with Gasteiger partial charge in [-0.15, -0.1) is 0 Å². The Hall–Kier alpha value is -2.90. The van der Waals surface area contributed by atoms with Crippen LogP contribution in [0.4, 0.5) is 17.6 Å². The fraction of sp³-hybridized carbons (Fsp3) is 0.333. The third kappa shape index (κ3) is 5.13. The molecule has 3 rings (SSSR count). The van der Waals surface area contributed by atoms with E-state index >= 15 is 0 Å². The molecule has 4 nitrogen and oxygen atoms in total. The van der Waals surface area contributed by atoms with E-state index in [1.807, 2.05) is 0 Å². The van der Waals surface area contributed by atoms with Crippen LogP contribution in [-0.2, 0) is 22.3 Å². The Bertz CT molecular complexity index is 872. The van der Waals surface area contributed by atoms with Gasteiger partial charge >= 0.3 is 12.1 Å². The fourth-order valence-electron chi connectivity index (χ4n) is 3.18. The average Bonchev–Trinajstić information content (AvgIpc) is 2.72. The van der Waals surface area contributed by atoms with E-state index < -0.39 is 29.4 Å². The van der Waals surface area contributed by atoms with E-state index in [0.717, 1.165) is 24.3 Å². The second kappa shape index (κ2) is 8.63. The van der Waals surface area contributed by atoms with E-state index in [2.05, 4.69) is 0 Å². The summed E-state index contributed by atoms with van der Waals surface area (Å²) in [6, 6.07) is 10.1. The molecule has 0 aromatic heterocycles. The van der Waals surface area contributed by atoms with Gasteiger partial charge in [-0.1, -0.05) is 18.2 Å². The van der Waals surface area contributed by atoms with Crippen LogP contribution in [0.2, 0.25) is 0 Å². The highest BCUT2D eigenvalue weighted by Crippen LogP contribution is 2.29. The minimum atomic E-state index is -4.46. The second-order valence-electron chi connectivity index (χ2n) is 6.84. The highest BCUT2D eigenvalue weighted by Gasteiger charge is 2.32. The number of benzene rings is 2. The lowest BCUT2D eigenvalue weighted by atomic mass is 9.96. The van der Waals surface area contributed by atoms with Crippen molar-refractivity contribution in [3.8, 4) is 0 Å². The van der Waals surface area contributed by atoms with Crippen molar-refractivity contribution in [2.24, 2.45) is 5.92 Å². The number of halogens is 4. The van der Waals surface area contributed by atoms with Crippen molar-refractivity contribution in [2.75, 3.05) is 13.1 Å². The van der Waals surface area contributed by atoms with Crippen molar-refractivity contribution >= 4 is 11.9 Å². The van der Waals surface area contributed by atoms with E-state index in [9.17, 15) is 27.2 Å². The second-order valence-corrected chi connectivity index (χ2v) is 6.84. The Kier molecular flexibility index (Phi) is 6.20. The minimum absolute atomic E-state index is 0.157. The molecule has 0 unspecified atom stereocenters. The van der Waals surface area contributed by atoms with Crippen molar-refractivity contribution in [1.82, 2.24) is 4.90 Å². The van der Waals surface area contributed by atoms with Crippen LogP contribution in [0.5, 0.6) is 0 Å². The van der Waals surface area contributed by atoms with Gasteiger partial charge in [0.2, 0.25) is 0 Å². The molecule has 0 aliphatic carbocycles. The van der Waals surface area contributed by atoms with Crippen LogP contribution in [-0.4, -0.2) is 29.9 Å². The van der Waals surface area contributed by atoms with Crippen molar-refractivity contribution in [2.45, 2.75) is 25.6 Å². The molecule has 1 aliphatic heterocycles. The Morgan fingerprint density at radius 3 is 2.21 bits per heavy atom. The maximum Gasteiger partial charge on any atom is 0.416 e. The standard InChI is InChI=1S/C21H19F4NO3/c22-18-4-2-1-3-16(18)13-29-20(28)15-9-11-26(12-10-15)19(27)14-5-7-17(8-6-14)21(23,24)25/h1-8,15H,9-13H2. The van der Waals surface area contributed by atoms with E-state index in [-0.39, 0.29) is 23.6 Å². The maximum atomic E-state index is 13.6. The Morgan fingerprint density at radius 2 is 1.62 bits per heavy atom. The van der Waals surface area contributed by atoms with E-state index in [1.165, 1.54) is 17.0 Å². The number of likely N-dealkylation sites (tertiary alicyclic amines) is 1. The van der Waals surface area contributed by atoms with Crippen LogP contribution in [0.3, 0.4) is 0 Å². The molecule has 1 heterocycles. The van der Waals surface area contributed by atoms with Crippen LogP contribution in [0.15, 0.2) is 48.5 Å². The van der Waals surface area contributed by atoms with Gasteiger partial charge in [0.1, 0.15) is 12.4 Å². The Labute approximate surface area is 165 Å². The molecule has 0 bridgehead atoms. The molecular formula is C21H19F4NO3. The van der Waals surface area contributed by atoms with Crippen LogP contribution in [0.25, 0.3) is 0 Å². The summed E-state index contributed by atoms with van der Waals surface area (Å²) in [6.45, 7) is 0.425. The number of ether oxygens (including phenoxy) is 1. The number of nitrogens with zero attached hydrogens (tertiary/aromatic N) is 1. The first-order chi connectivity index (χ1) is 13.8. The summed E-state index contributed by atoms with van der Waals surface area (Å²) in [5.41, 5.74) is -0.361. The SMILES string of the molecule is O=C(OCc1ccccc1F)C1CCN(C(=O)c2ccc(C(F)(F)F)cc2)CC1. The number of hydrogen-bond donors (Lipinski definition) is 0.